The maximum atomic E-state index is 12.3. The van der Waals surface area contributed by atoms with Crippen molar-refractivity contribution >= 4 is 32.9 Å². The van der Waals surface area contributed by atoms with E-state index in [0.29, 0.717) is 0 Å². The number of rotatable bonds is 6. The molecule has 126 valence electrons. The van der Waals surface area contributed by atoms with Gasteiger partial charge in [-0.25, -0.2) is 8.42 Å². The molecule has 0 unspecified atom stereocenters. The summed E-state index contributed by atoms with van der Waals surface area (Å²) in [7, 11) is -3.71. The predicted molar refractivity (Wildman–Crippen MR) is 93.2 cm³/mol. The molecule has 0 bridgehead atoms. The average Bonchev–Trinajstić information content (AvgIpc) is 3.26. The van der Waals surface area contributed by atoms with Gasteiger partial charge in [0.2, 0.25) is 0 Å². The second-order valence-electron chi connectivity index (χ2n) is 5.23. The van der Waals surface area contributed by atoms with E-state index in [-0.39, 0.29) is 15.5 Å². The molecule has 1 aliphatic carbocycles. The zero-order chi connectivity index (χ0) is 17.0. The lowest BCUT2D eigenvalue weighted by Crippen LogP contribution is -2.25. The van der Waals surface area contributed by atoms with Crippen LogP contribution >= 0.6 is 11.3 Å². The number of hydrogen-bond donors (Lipinski definition) is 2. The van der Waals surface area contributed by atoms with Crippen LogP contribution in [0.25, 0.3) is 0 Å². The predicted octanol–water partition coefficient (Wildman–Crippen LogP) is 2.23. The highest BCUT2D eigenvalue weighted by atomic mass is 32.2. The van der Waals surface area contributed by atoms with Crippen molar-refractivity contribution in [3.8, 4) is 0 Å². The zero-order valence-electron chi connectivity index (χ0n) is 12.7. The van der Waals surface area contributed by atoms with Crippen molar-refractivity contribution in [1.29, 1.82) is 0 Å². The van der Waals surface area contributed by atoms with Crippen LogP contribution in [0.2, 0.25) is 0 Å². The van der Waals surface area contributed by atoms with Gasteiger partial charge in [0.15, 0.2) is 0 Å². The van der Waals surface area contributed by atoms with Gasteiger partial charge in [0, 0.05) is 17.2 Å². The van der Waals surface area contributed by atoms with E-state index in [1.807, 2.05) is 6.08 Å². The molecule has 0 fully saturated rings. The Bertz CT molecular complexity index is 872. The molecular formula is C16H16N3O3S2-. The summed E-state index contributed by atoms with van der Waals surface area (Å²) in [5, 5.41) is 17.8. The molecule has 0 atom stereocenters. The standard InChI is InChI=1S/C16H17N3O3S2/c20-16(18-17-12-6-1-2-7-12)13-8-3-4-9-14(13)19-24(21,22)15-10-5-11-23-15/h3-6,8-11,17,19H,1-2,7H2,(H,18,20)/p-1. The number of hydrazone groups is 1. The first-order valence-electron chi connectivity index (χ1n) is 7.42. The SMILES string of the molecule is O=S(=O)(Nc1ccccc1C([O-])=NNC1=CCCC1)c1cccs1. The molecule has 1 aromatic heterocycles. The van der Waals surface area contributed by atoms with E-state index in [0.717, 1.165) is 36.3 Å². The molecule has 0 saturated carbocycles. The average molecular weight is 362 g/mol. The highest BCUT2D eigenvalue weighted by molar-refractivity contribution is 7.94. The van der Waals surface area contributed by atoms with Gasteiger partial charge in [-0.05, 0) is 36.8 Å². The van der Waals surface area contributed by atoms with Crippen molar-refractivity contribution in [2.75, 3.05) is 4.72 Å². The summed E-state index contributed by atoms with van der Waals surface area (Å²) in [4.78, 5) is 0. The van der Waals surface area contributed by atoms with E-state index in [4.69, 9.17) is 0 Å². The summed E-state index contributed by atoms with van der Waals surface area (Å²) in [5.74, 6) is -0.521. The Morgan fingerprint density at radius 2 is 2.04 bits per heavy atom. The van der Waals surface area contributed by atoms with Crippen LogP contribution in [0, 0.1) is 0 Å². The molecule has 1 aromatic carbocycles. The van der Waals surface area contributed by atoms with Crippen molar-refractivity contribution in [1.82, 2.24) is 5.43 Å². The van der Waals surface area contributed by atoms with E-state index in [1.165, 1.54) is 6.07 Å². The number of para-hydroxylation sites is 1. The fourth-order valence-corrected chi connectivity index (χ4v) is 4.40. The third-order valence-electron chi connectivity index (χ3n) is 3.50. The largest absolute Gasteiger partial charge is 0.857 e. The molecule has 8 heteroatoms. The number of sulfonamides is 1. The van der Waals surface area contributed by atoms with Crippen LogP contribution in [0.3, 0.4) is 0 Å². The van der Waals surface area contributed by atoms with Gasteiger partial charge in [0.25, 0.3) is 10.0 Å². The second kappa shape index (κ2) is 7.06. The molecule has 24 heavy (non-hydrogen) atoms. The Kier molecular flexibility index (Phi) is 4.86. The van der Waals surface area contributed by atoms with Crippen molar-refractivity contribution < 1.29 is 13.5 Å². The fourth-order valence-electron chi connectivity index (χ4n) is 2.33. The summed E-state index contributed by atoms with van der Waals surface area (Å²) in [6, 6.07) is 9.59. The fraction of sp³-hybridized carbons (Fsp3) is 0.188. The van der Waals surface area contributed by atoms with Gasteiger partial charge >= 0.3 is 0 Å². The minimum atomic E-state index is -3.71. The van der Waals surface area contributed by atoms with Crippen molar-refractivity contribution in [3.63, 3.8) is 0 Å². The van der Waals surface area contributed by atoms with Gasteiger partial charge in [-0.1, -0.05) is 30.3 Å². The molecule has 0 saturated heterocycles. The Labute approximate surface area is 144 Å². The molecule has 0 spiro atoms. The molecule has 0 radical (unpaired) electrons. The van der Waals surface area contributed by atoms with Gasteiger partial charge in [-0.2, -0.15) is 5.10 Å². The van der Waals surface area contributed by atoms with E-state index in [9.17, 15) is 13.5 Å². The van der Waals surface area contributed by atoms with Crippen LogP contribution < -0.4 is 15.3 Å². The summed E-state index contributed by atoms with van der Waals surface area (Å²) >= 11 is 1.11. The molecule has 1 heterocycles. The Balaban J connectivity index is 1.84. The van der Waals surface area contributed by atoms with Gasteiger partial charge in [-0.3, -0.25) is 10.1 Å². The number of hydrogen-bond acceptors (Lipinski definition) is 6. The van der Waals surface area contributed by atoms with Crippen LogP contribution in [0.15, 0.2) is 62.9 Å². The maximum Gasteiger partial charge on any atom is 0.271 e. The second-order valence-corrected chi connectivity index (χ2v) is 8.09. The van der Waals surface area contributed by atoms with E-state index in [2.05, 4.69) is 15.2 Å². The van der Waals surface area contributed by atoms with Crippen LogP contribution in [-0.4, -0.2) is 14.3 Å². The number of thiophene rings is 1. The molecule has 1 aliphatic rings. The maximum absolute atomic E-state index is 12.3. The number of benzene rings is 1. The number of nitrogens with one attached hydrogen (secondary N) is 2. The first kappa shape index (κ1) is 16.5. The van der Waals surface area contributed by atoms with Crippen molar-refractivity contribution in [2.24, 2.45) is 5.10 Å². The van der Waals surface area contributed by atoms with Crippen molar-refractivity contribution in [3.05, 3.63) is 59.1 Å². The number of nitrogens with zero attached hydrogens (tertiary/aromatic N) is 1. The van der Waals surface area contributed by atoms with E-state index >= 15 is 0 Å². The minimum absolute atomic E-state index is 0.191. The molecule has 0 amide bonds. The molecule has 0 aliphatic heterocycles. The van der Waals surface area contributed by atoms with Gasteiger partial charge < -0.3 is 5.11 Å². The number of allylic oxidation sites excluding steroid dienone is 2. The van der Waals surface area contributed by atoms with Crippen LogP contribution in [0.5, 0.6) is 0 Å². The first-order valence-corrected chi connectivity index (χ1v) is 9.78. The van der Waals surface area contributed by atoms with Crippen molar-refractivity contribution in [2.45, 2.75) is 23.5 Å². The molecule has 3 rings (SSSR count). The number of anilines is 1. The van der Waals surface area contributed by atoms with Gasteiger partial charge in [0.1, 0.15) is 4.21 Å². The van der Waals surface area contributed by atoms with E-state index in [1.54, 1.807) is 35.7 Å². The molecule has 2 N–H and O–H groups in total. The highest BCUT2D eigenvalue weighted by Gasteiger charge is 2.16. The Morgan fingerprint density at radius 1 is 1.21 bits per heavy atom. The van der Waals surface area contributed by atoms with E-state index < -0.39 is 15.9 Å². The monoisotopic (exact) mass is 362 g/mol. The quantitative estimate of drug-likeness (QED) is 0.468. The highest BCUT2D eigenvalue weighted by Crippen LogP contribution is 2.22. The molecule has 2 aromatic rings. The summed E-state index contributed by atoms with van der Waals surface area (Å²) < 4.78 is 27.3. The van der Waals surface area contributed by atoms with Crippen LogP contribution in [0.4, 0.5) is 5.69 Å². The molecule has 6 nitrogen and oxygen atoms in total. The first-order chi connectivity index (χ1) is 11.6. The molecular weight excluding hydrogens is 346 g/mol. The minimum Gasteiger partial charge on any atom is -0.857 e. The third-order valence-corrected chi connectivity index (χ3v) is 6.27. The lowest BCUT2D eigenvalue weighted by atomic mass is 10.2. The summed E-state index contributed by atoms with van der Waals surface area (Å²) in [6.45, 7) is 0. The lowest BCUT2D eigenvalue weighted by Gasteiger charge is -2.17. The summed E-state index contributed by atoms with van der Waals surface area (Å²) in [5.41, 5.74) is 4.08. The van der Waals surface area contributed by atoms with Gasteiger partial charge in [0.05, 0.1) is 5.69 Å². The Hall–Kier alpha value is -2.32. The normalized spacial score (nSPS) is 15.2. The smallest absolute Gasteiger partial charge is 0.271 e. The Morgan fingerprint density at radius 3 is 2.75 bits per heavy atom. The van der Waals surface area contributed by atoms with Crippen LogP contribution in [-0.2, 0) is 10.0 Å². The third kappa shape index (κ3) is 3.77. The summed E-state index contributed by atoms with van der Waals surface area (Å²) in [6.07, 6.45) is 4.89. The topological polar surface area (TPSA) is 93.6 Å². The van der Waals surface area contributed by atoms with Gasteiger partial charge in [-0.15, -0.1) is 11.3 Å². The van der Waals surface area contributed by atoms with Crippen LogP contribution in [0.1, 0.15) is 24.8 Å². The zero-order valence-corrected chi connectivity index (χ0v) is 14.4. The lowest BCUT2D eigenvalue weighted by molar-refractivity contribution is -0.213.